The van der Waals surface area contributed by atoms with Crippen molar-refractivity contribution in [2.24, 2.45) is 5.92 Å². The predicted molar refractivity (Wildman–Crippen MR) is 90.6 cm³/mol. The van der Waals surface area contributed by atoms with Crippen molar-refractivity contribution >= 4 is 11.9 Å². The van der Waals surface area contributed by atoms with Crippen LogP contribution < -0.4 is 9.47 Å². The summed E-state index contributed by atoms with van der Waals surface area (Å²) < 4.78 is 16.1. The highest BCUT2D eigenvalue weighted by atomic mass is 16.6. The average molecular weight is 343 g/mol. The number of carbonyl (C=O) groups is 2. The number of amides is 1. The van der Waals surface area contributed by atoms with Crippen LogP contribution >= 0.6 is 0 Å². The maximum Gasteiger partial charge on any atom is 0.314 e. The normalized spacial score (nSPS) is 15.0. The Hall–Kier alpha value is -2.76. The van der Waals surface area contributed by atoms with Crippen molar-refractivity contribution in [3.63, 3.8) is 0 Å². The number of esters is 1. The first kappa shape index (κ1) is 17.1. The number of para-hydroxylation sites is 2. The molecule has 3 rings (SSSR count). The minimum absolute atomic E-state index is 0.140. The van der Waals surface area contributed by atoms with Crippen LogP contribution in [0.15, 0.2) is 47.1 Å². The molecule has 1 aromatic heterocycles. The van der Waals surface area contributed by atoms with Gasteiger partial charge in [0, 0.05) is 13.1 Å². The fourth-order valence-corrected chi connectivity index (χ4v) is 2.88. The lowest BCUT2D eigenvalue weighted by atomic mass is 9.97. The summed E-state index contributed by atoms with van der Waals surface area (Å²) in [5.41, 5.74) is 0. The van der Waals surface area contributed by atoms with E-state index in [-0.39, 0.29) is 17.8 Å². The minimum atomic E-state index is -0.280. The molecule has 1 amide bonds. The van der Waals surface area contributed by atoms with Crippen LogP contribution in [0.3, 0.4) is 0 Å². The highest BCUT2D eigenvalue weighted by molar-refractivity contribution is 5.91. The Morgan fingerprint density at radius 1 is 1.12 bits per heavy atom. The van der Waals surface area contributed by atoms with Gasteiger partial charge in [0.15, 0.2) is 17.3 Å². The Kier molecular flexibility index (Phi) is 5.38. The van der Waals surface area contributed by atoms with E-state index in [1.54, 1.807) is 35.2 Å². The molecule has 1 aliphatic rings. The molecule has 1 saturated heterocycles. The number of rotatable bonds is 5. The van der Waals surface area contributed by atoms with E-state index in [4.69, 9.17) is 13.9 Å². The molecule has 0 atom stereocenters. The summed E-state index contributed by atoms with van der Waals surface area (Å²) in [7, 11) is 0. The molecule has 1 fully saturated rings. The van der Waals surface area contributed by atoms with Gasteiger partial charge in [-0.3, -0.25) is 9.59 Å². The number of benzene rings is 1. The van der Waals surface area contributed by atoms with Crippen LogP contribution in [-0.4, -0.2) is 36.5 Å². The molecule has 25 heavy (non-hydrogen) atoms. The van der Waals surface area contributed by atoms with Crippen molar-refractivity contribution in [2.75, 3.05) is 19.7 Å². The predicted octanol–water partition coefficient (Wildman–Crippen LogP) is 3.14. The molecule has 0 aliphatic carbocycles. The first-order valence-electron chi connectivity index (χ1n) is 8.45. The van der Waals surface area contributed by atoms with Gasteiger partial charge in [-0.05, 0) is 44.0 Å². The van der Waals surface area contributed by atoms with Crippen LogP contribution in [-0.2, 0) is 4.79 Å². The smallest absolute Gasteiger partial charge is 0.314 e. The van der Waals surface area contributed by atoms with Gasteiger partial charge in [0.05, 0.1) is 18.8 Å². The van der Waals surface area contributed by atoms with Crippen molar-refractivity contribution in [3.05, 3.63) is 48.4 Å². The number of ether oxygens (including phenoxy) is 2. The molecule has 2 aromatic rings. The zero-order chi connectivity index (χ0) is 17.6. The van der Waals surface area contributed by atoms with Crippen LogP contribution in [0.1, 0.15) is 30.3 Å². The van der Waals surface area contributed by atoms with Crippen LogP contribution in [0.4, 0.5) is 0 Å². The molecule has 0 radical (unpaired) electrons. The molecule has 0 unspecified atom stereocenters. The third-order valence-corrected chi connectivity index (χ3v) is 4.21. The van der Waals surface area contributed by atoms with E-state index in [0.717, 1.165) is 0 Å². The summed E-state index contributed by atoms with van der Waals surface area (Å²) >= 11 is 0. The molecule has 1 aromatic carbocycles. The van der Waals surface area contributed by atoms with Gasteiger partial charge in [-0.25, -0.2) is 0 Å². The summed E-state index contributed by atoms with van der Waals surface area (Å²) in [6.07, 6.45) is 2.62. The van der Waals surface area contributed by atoms with E-state index in [0.29, 0.717) is 49.8 Å². The summed E-state index contributed by atoms with van der Waals surface area (Å²) in [5.74, 6) is 0.671. The van der Waals surface area contributed by atoms with Crippen molar-refractivity contribution in [1.82, 2.24) is 4.90 Å². The Morgan fingerprint density at radius 3 is 2.48 bits per heavy atom. The summed E-state index contributed by atoms with van der Waals surface area (Å²) in [6, 6.07) is 10.5. The third kappa shape index (κ3) is 4.02. The van der Waals surface area contributed by atoms with E-state index in [2.05, 4.69) is 0 Å². The van der Waals surface area contributed by atoms with Crippen LogP contribution in [0.25, 0.3) is 0 Å². The third-order valence-electron chi connectivity index (χ3n) is 4.21. The molecule has 2 heterocycles. The number of carbonyl (C=O) groups excluding carboxylic acids is 2. The molecule has 6 nitrogen and oxygen atoms in total. The van der Waals surface area contributed by atoms with Crippen molar-refractivity contribution in [1.29, 1.82) is 0 Å². The van der Waals surface area contributed by atoms with E-state index >= 15 is 0 Å². The number of hydrogen-bond acceptors (Lipinski definition) is 5. The van der Waals surface area contributed by atoms with E-state index in [1.807, 2.05) is 13.0 Å². The second kappa shape index (κ2) is 7.88. The van der Waals surface area contributed by atoms with Gasteiger partial charge >= 0.3 is 5.97 Å². The Bertz CT molecular complexity index is 717. The van der Waals surface area contributed by atoms with Gasteiger partial charge in [0.2, 0.25) is 0 Å². The van der Waals surface area contributed by atoms with Crippen LogP contribution in [0.5, 0.6) is 11.5 Å². The van der Waals surface area contributed by atoms with Crippen molar-refractivity contribution in [2.45, 2.75) is 19.8 Å². The first-order chi connectivity index (χ1) is 12.2. The van der Waals surface area contributed by atoms with Gasteiger partial charge in [0.1, 0.15) is 0 Å². The van der Waals surface area contributed by atoms with Gasteiger partial charge in [-0.1, -0.05) is 12.1 Å². The first-order valence-corrected chi connectivity index (χ1v) is 8.45. The average Bonchev–Trinajstić information content (AvgIpc) is 3.18. The summed E-state index contributed by atoms with van der Waals surface area (Å²) in [4.78, 5) is 26.4. The van der Waals surface area contributed by atoms with E-state index < -0.39 is 0 Å². The second-order valence-electron chi connectivity index (χ2n) is 5.84. The highest BCUT2D eigenvalue weighted by Gasteiger charge is 2.30. The minimum Gasteiger partial charge on any atom is -0.490 e. The van der Waals surface area contributed by atoms with Crippen LogP contribution in [0, 0.1) is 5.92 Å². The fraction of sp³-hybridized carbons (Fsp3) is 0.368. The zero-order valence-corrected chi connectivity index (χ0v) is 14.1. The number of nitrogens with zero attached hydrogens (tertiary/aromatic N) is 1. The highest BCUT2D eigenvalue weighted by Crippen LogP contribution is 2.29. The van der Waals surface area contributed by atoms with Crippen LogP contribution in [0.2, 0.25) is 0 Å². The number of hydrogen-bond donors (Lipinski definition) is 0. The quantitative estimate of drug-likeness (QED) is 0.616. The molecular formula is C19H21NO5. The lowest BCUT2D eigenvalue weighted by Gasteiger charge is -2.30. The molecule has 6 heteroatoms. The van der Waals surface area contributed by atoms with Gasteiger partial charge in [-0.2, -0.15) is 0 Å². The lowest BCUT2D eigenvalue weighted by molar-refractivity contribution is -0.140. The second-order valence-corrected chi connectivity index (χ2v) is 5.84. The molecule has 1 aliphatic heterocycles. The molecule has 0 N–H and O–H groups in total. The van der Waals surface area contributed by atoms with Gasteiger partial charge in [-0.15, -0.1) is 0 Å². The Labute approximate surface area is 146 Å². The van der Waals surface area contributed by atoms with Crippen molar-refractivity contribution < 1.29 is 23.5 Å². The fourth-order valence-electron chi connectivity index (χ4n) is 2.88. The zero-order valence-electron chi connectivity index (χ0n) is 14.1. The molecule has 0 spiro atoms. The molecule has 0 bridgehead atoms. The maximum atomic E-state index is 12.4. The molecule has 132 valence electrons. The molecule has 0 saturated carbocycles. The SMILES string of the molecule is CCOc1ccccc1OC(=O)C1CCN(C(=O)c2ccco2)CC1. The Balaban J connectivity index is 1.56. The van der Waals surface area contributed by atoms with Gasteiger partial charge < -0.3 is 18.8 Å². The topological polar surface area (TPSA) is 69.0 Å². The summed E-state index contributed by atoms with van der Waals surface area (Å²) in [5, 5.41) is 0. The Morgan fingerprint density at radius 2 is 1.84 bits per heavy atom. The molecular weight excluding hydrogens is 322 g/mol. The van der Waals surface area contributed by atoms with Crippen molar-refractivity contribution in [3.8, 4) is 11.5 Å². The van der Waals surface area contributed by atoms with E-state index in [9.17, 15) is 9.59 Å². The van der Waals surface area contributed by atoms with E-state index in [1.165, 1.54) is 6.26 Å². The summed E-state index contributed by atoms with van der Waals surface area (Å²) in [6.45, 7) is 3.39. The number of furan rings is 1. The van der Waals surface area contributed by atoms with Gasteiger partial charge in [0.25, 0.3) is 5.91 Å². The monoisotopic (exact) mass is 343 g/mol. The number of piperidine rings is 1. The standard InChI is InChI=1S/C19H21NO5/c1-2-23-15-6-3-4-7-16(15)25-19(22)14-9-11-20(12-10-14)18(21)17-8-5-13-24-17/h3-8,13-14H,2,9-12H2,1H3. The maximum absolute atomic E-state index is 12.4. The number of likely N-dealkylation sites (tertiary alicyclic amines) is 1. The lowest BCUT2D eigenvalue weighted by Crippen LogP contribution is -2.41. The largest absolute Gasteiger partial charge is 0.490 e.